The van der Waals surface area contributed by atoms with E-state index >= 15 is 0 Å². The summed E-state index contributed by atoms with van der Waals surface area (Å²) in [6.07, 6.45) is 0.0849. The van der Waals surface area contributed by atoms with Crippen molar-refractivity contribution in [3.05, 3.63) is 58.6 Å². The molecule has 0 saturated carbocycles. The molecular weight excluding hydrogens is 344 g/mol. The van der Waals surface area contributed by atoms with E-state index in [1.165, 1.54) is 7.11 Å². The number of hydrogen-bond acceptors (Lipinski definition) is 4. The minimum Gasteiger partial charge on any atom is -0.496 e. The SMILES string of the molecule is COc1ccccc1CC(=O)NNC(=O)COc1ccc(Cl)c(C)c1. The summed E-state index contributed by atoms with van der Waals surface area (Å²) in [5.74, 6) is 0.309. The summed E-state index contributed by atoms with van der Waals surface area (Å²) in [7, 11) is 1.54. The molecule has 0 saturated heterocycles. The maximum atomic E-state index is 11.9. The van der Waals surface area contributed by atoms with Gasteiger partial charge in [-0.2, -0.15) is 0 Å². The Morgan fingerprint density at radius 1 is 1.08 bits per heavy atom. The van der Waals surface area contributed by atoms with Gasteiger partial charge in [0.2, 0.25) is 5.91 Å². The predicted molar refractivity (Wildman–Crippen MR) is 94.7 cm³/mol. The summed E-state index contributed by atoms with van der Waals surface area (Å²) in [6, 6.07) is 12.3. The van der Waals surface area contributed by atoms with E-state index in [-0.39, 0.29) is 18.9 Å². The quantitative estimate of drug-likeness (QED) is 0.774. The van der Waals surface area contributed by atoms with E-state index in [1.54, 1.807) is 30.3 Å². The number of carbonyl (C=O) groups excluding carboxylic acids is 2. The van der Waals surface area contributed by atoms with E-state index in [4.69, 9.17) is 21.1 Å². The van der Waals surface area contributed by atoms with Crippen LogP contribution >= 0.6 is 11.6 Å². The van der Waals surface area contributed by atoms with E-state index in [1.807, 2.05) is 19.1 Å². The van der Waals surface area contributed by atoms with Crippen LogP contribution in [0.3, 0.4) is 0 Å². The van der Waals surface area contributed by atoms with E-state index in [0.717, 1.165) is 11.1 Å². The molecule has 0 aliphatic carbocycles. The molecule has 2 N–H and O–H groups in total. The molecule has 0 fully saturated rings. The maximum Gasteiger partial charge on any atom is 0.276 e. The Bertz CT molecular complexity index is 764. The van der Waals surface area contributed by atoms with Crippen molar-refractivity contribution in [3.8, 4) is 11.5 Å². The van der Waals surface area contributed by atoms with Crippen molar-refractivity contribution >= 4 is 23.4 Å². The van der Waals surface area contributed by atoms with Gasteiger partial charge in [-0.05, 0) is 36.8 Å². The van der Waals surface area contributed by atoms with Gasteiger partial charge in [-0.3, -0.25) is 20.4 Å². The van der Waals surface area contributed by atoms with Gasteiger partial charge in [0, 0.05) is 10.6 Å². The molecule has 0 aliphatic rings. The summed E-state index contributed by atoms with van der Waals surface area (Å²) in [5.41, 5.74) is 6.23. The summed E-state index contributed by atoms with van der Waals surface area (Å²) >= 11 is 5.92. The number of benzene rings is 2. The lowest BCUT2D eigenvalue weighted by Gasteiger charge is -2.11. The molecule has 132 valence electrons. The molecule has 2 aromatic rings. The first-order valence-corrected chi connectivity index (χ1v) is 7.96. The Labute approximate surface area is 151 Å². The number of halogens is 1. The summed E-state index contributed by atoms with van der Waals surface area (Å²) in [5, 5.41) is 0.625. The molecule has 0 unspecified atom stereocenters. The van der Waals surface area contributed by atoms with E-state index in [9.17, 15) is 9.59 Å². The van der Waals surface area contributed by atoms with Gasteiger partial charge in [0.15, 0.2) is 6.61 Å². The van der Waals surface area contributed by atoms with E-state index in [0.29, 0.717) is 16.5 Å². The fourth-order valence-electron chi connectivity index (χ4n) is 2.10. The molecule has 0 spiro atoms. The number of carbonyl (C=O) groups is 2. The minimum atomic E-state index is -0.471. The number of rotatable bonds is 6. The number of aryl methyl sites for hydroxylation is 1. The molecule has 25 heavy (non-hydrogen) atoms. The zero-order chi connectivity index (χ0) is 18.2. The third kappa shape index (κ3) is 5.69. The van der Waals surface area contributed by atoms with Gasteiger partial charge in [-0.15, -0.1) is 0 Å². The van der Waals surface area contributed by atoms with Crippen LogP contribution in [0.15, 0.2) is 42.5 Å². The molecule has 0 atom stereocenters. The van der Waals surface area contributed by atoms with Crippen LogP contribution in [0.4, 0.5) is 0 Å². The van der Waals surface area contributed by atoms with Gasteiger partial charge in [-0.1, -0.05) is 29.8 Å². The van der Waals surface area contributed by atoms with Crippen molar-refractivity contribution in [2.75, 3.05) is 13.7 Å². The highest BCUT2D eigenvalue weighted by Gasteiger charge is 2.10. The van der Waals surface area contributed by atoms with Gasteiger partial charge in [-0.25, -0.2) is 0 Å². The highest BCUT2D eigenvalue weighted by molar-refractivity contribution is 6.31. The Morgan fingerprint density at radius 3 is 2.52 bits per heavy atom. The second-order valence-electron chi connectivity index (χ2n) is 5.28. The Hall–Kier alpha value is -2.73. The fraction of sp³-hybridized carbons (Fsp3) is 0.222. The first-order chi connectivity index (χ1) is 12.0. The second-order valence-corrected chi connectivity index (χ2v) is 5.69. The van der Waals surface area contributed by atoms with Crippen LogP contribution in [0.2, 0.25) is 5.02 Å². The van der Waals surface area contributed by atoms with Crippen molar-refractivity contribution in [3.63, 3.8) is 0 Å². The molecule has 0 aliphatic heterocycles. The largest absolute Gasteiger partial charge is 0.496 e. The predicted octanol–water partition coefficient (Wildman–Crippen LogP) is 2.43. The van der Waals surface area contributed by atoms with Crippen LogP contribution < -0.4 is 20.3 Å². The zero-order valence-corrected chi connectivity index (χ0v) is 14.7. The van der Waals surface area contributed by atoms with Gasteiger partial charge in [0.25, 0.3) is 5.91 Å². The summed E-state index contributed by atoms with van der Waals surface area (Å²) in [4.78, 5) is 23.7. The van der Waals surface area contributed by atoms with Gasteiger partial charge in [0.1, 0.15) is 11.5 Å². The number of amides is 2. The normalized spacial score (nSPS) is 10.0. The first-order valence-electron chi connectivity index (χ1n) is 7.58. The third-order valence-corrected chi connectivity index (χ3v) is 3.81. The molecule has 6 nitrogen and oxygen atoms in total. The smallest absolute Gasteiger partial charge is 0.276 e. The monoisotopic (exact) mass is 362 g/mol. The Morgan fingerprint density at radius 2 is 1.80 bits per heavy atom. The van der Waals surface area contributed by atoms with Crippen LogP contribution in [0, 0.1) is 6.92 Å². The van der Waals surface area contributed by atoms with Crippen molar-refractivity contribution in [2.45, 2.75) is 13.3 Å². The van der Waals surface area contributed by atoms with Gasteiger partial charge in [0.05, 0.1) is 13.5 Å². The van der Waals surface area contributed by atoms with Crippen molar-refractivity contribution in [1.82, 2.24) is 10.9 Å². The Kier molecular flexibility index (Phi) is 6.65. The average molecular weight is 363 g/mol. The molecule has 0 aromatic heterocycles. The second kappa shape index (κ2) is 8.94. The average Bonchev–Trinajstić information content (AvgIpc) is 2.61. The zero-order valence-electron chi connectivity index (χ0n) is 14.0. The van der Waals surface area contributed by atoms with Crippen LogP contribution in [-0.2, 0) is 16.0 Å². The molecule has 0 heterocycles. The van der Waals surface area contributed by atoms with E-state index < -0.39 is 5.91 Å². The van der Waals surface area contributed by atoms with Crippen molar-refractivity contribution in [2.24, 2.45) is 0 Å². The van der Waals surface area contributed by atoms with Crippen LogP contribution in [-0.4, -0.2) is 25.5 Å². The lowest BCUT2D eigenvalue weighted by atomic mass is 10.1. The summed E-state index contributed by atoms with van der Waals surface area (Å²) < 4.78 is 10.5. The van der Waals surface area contributed by atoms with Crippen LogP contribution in [0.25, 0.3) is 0 Å². The number of para-hydroxylation sites is 1. The van der Waals surface area contributed by atoms with Crippen molar-refractivity contribution < 1.29 is 19.1 Å². The highest BCUT2D eigenvalue weighted by Crippen LogP contribution is 2.21. The van der Waals surface area contributed by atoms with Gasteiger partial charge < -0.3 is 9.47 Å². The standard InChI is InChI=1S/C18H19ClN2O4/c1-12-9-14(7-8-15(12)19)25-11-18(23)21-20-17(22)10-13-5-3-4-6-16(13)24-2/h3-9H,10-11H2,1-2H3,(H,20,22)(H,21,23). The molecule has 2 amide bonds. The van der Waals surface area contributed by atoms with Crippen LogP contribution in [0.5, 0.6) is 11.5 Å². The number of ether oxygens (including phenoxy) is 2. The van der Waals surface area contributed by atoms with E-state index in [2.05, 4.69) is 10.9 Å². The molecule has 0 bridgehead atoms. The van der Waals surface area contributed by atoms with Crippen LogP contribution in [0.1, 0.15) is 11.1 Å². The fourth-order valence-corrected chi connectivity index (χ4v) is 2.22. The van der Waals surface area contributed by atoms with Crippen molar-refractivity contribution in [1.29, 1.82) is 0 Å². The third-order valence-electron chi connectivity index (χ3n) is 3.38. The number of nitrogens with one attached hydrogen (secondary N) is 2. The first kappa shape index (κ1) is 18.6. The molecule has 0 radical (unpaired) electrons. The van der Waals surface area contributed by atoms with Gasteiger partial charge >= 0.3 is 0 Å². The molecule has 2 rings (SSSR count). The molecule has 2 aromatic carbocycles. The molecular formula is C18H19ClN2O4. The summed E-state index contributed by atoms with van der Waals surface area (Å²) in [6.45, 7) is 1.61. The minimum absolute atomic E-state index is 0.0849. The number of hydrazine groups is 1. The molecule has 7 heteroatoms. The Balaban J connectivity index is 1.77. The number of hydrogen-bond donors (Lipinski definition) is 2. The maximum absolute atomic E-state index is 11.9. The highest BCUT2D eigenvalue weighted by atomic mass is 35.5. The lowest BCUT2D eigenvalue weighted by Crippen LogP contribution is -2.44. The topological polar surface area (TPSA) is 76.7 Å². The number of methoxy groups -OCH3 is 1. The lowest BCUT2D eigenvalue weighted by molar-refractivity contribution is -0.129.